The van der Waals surface area contributed by atoms with E-state index < -0.39 is 5.97 Å². The van der Waals surface area contributed by atoms with Crippen molar-refractivity contribution in [2.75, 3.05) is 26.8 Å². The predicted molar refractivity (Wildman–Crippen MR) is 159 cm³/mol. The minimum Gasteiger partial charge on any atom is -0.488 e. The highest BCUT2D eigenvalue weighted by Gasteiger charge is 2.25. The molecule has 0 radical (unpaired) electrons. The highest BCUT2D eigenvalue weighted by molar-refractivity contribution is 5.90. The molecule has 226 valence electrons. The van der Waals surface area contributed by atoms with E-state index in [2.05, 4.69) is 22.1 Å². The van der Waals surface area contributed by atoms with Gasteiger partial charge in [-0.1, -0.05) is 18.2 Å². The lowest BCUT2D eigenvalue weighted by Gasteiger charge is -2.33. The molecule has 10 heteroatoms. The Balaban J connectivity index is 1.18. The molecule has 2 aliphatic heterocycles. The minimum absolute atomic E-state index is 0.0467. The average molecular weight is 589 g/mol. The number of allylic oxidation sites excluding steroid dienone is 3. The Morgan fingerprint density at radius 3 is 2.91 bits per heavy atom. The zero-order chi connectivity index (χ0) is 29.9. The van der Waals surface area contributed by atoms with Gasteiger partial charge in [0.2, 0.25) is 5.88 Å². The summed E-state index contributed by atoms with van der Waals surface area (Å²) in [7, 11) is 1.40. The zero-order valence-electron chi connectivity index (χ0n) is 24.6. The molecule has 6 rings (SSSR count). The molecular formula is C33H37FN4O5. The zero-order valence-corrected chi connectivity index (χ0v) is 24.6. The Kier molecular flexibility index (Phi) is 8.58. The van der Waals surface area contributed by atoms with Gasteiger partial charge in [0, 0.05) is 37.4 Å². The average Bonchev–Trinajstić information content (AvgIpc) is 3.46. The smallest absolute Gasteiger partial charge is 0.342 e. The predicted octanol–water partition coefficient (Wildman–Crippen LogP) is 5.71. The molecule has 0 unspecified atom stereocenters. The van der Waals surface area contributed by atoms with Gasteiger partial charge in [0.15, 0.2) is 5.82 Å². The number of halogens is 1. The van der Waals surface area contributed by atoms with E-state index in [1.165, 1.54) is 24.4 Å². The number of methoxy groups -OCH3 is 1. The second kappa shape index (κ2) is 12.7. The van der Waals surface area contributed by atoms with E-state index >= 15 is 4.39 Å². The molecule has 0 spiro atoms. The van der Waals surface area contributed by atoms with Crippen LogP contribution in [0.5, 0.6) is 5.88 Å². The van der Waals surface area contributed by atoms with Crippen molar-refractivity contribution in [3.8, 4) is 11.7 Å². The maximum absolute atomic E-state index is 15.4. The first-order valence-electron chi connectivity index (χ1n) is 14.9. The number of benzene rings is 1. The number of carbonyl (C=O) groups is 1. The van der Waals surface area contributed by atoms with Crippen molar-refractivity contribution in [1.82, 2.24) is 19.7 Å². The first kappa shape index (κ1) is 29.1. The normalized spacial score (nSPS) is 19.1. The number of rotatable bonds is 9. The summed E-state index contributed by atoms with van der Waals surface area (Å²) in [6, 6.07) is 9.14. The second-order valence-electron chi connectivity index (χ2n) is 11.4. The third kappa shape index (κ3) is 6.21. The number of hydrogen-bond donors (Lipinski definition) is 1. The number of nitrogens with zero attached hydrogens (tertiary/aromatic N) is 4. The van der Waals surface area contributed by atoms with Crippen LogP contribution in [-0.4, -0.2) is 63.7 Å². The van der Waals surface area contributed by atoms with E-state index in [0.717, 1.165) is 85.4 Å². The topological polar surface area (TPSA) is 98.9 Å². The molecular weight excluding hydrogens is 551 g/mol. The fourth-order valence-electron chi connectivity index (χ4n) is 6.20. The van der Waals surface area contributed by atoms with Crippen LogP contribution in [0.2, 0.25) is 0 Å². The molecule has 2 aromatic heterocycles. The Morgan fingerprint density at radius 1 is 1.23 bits per heavy atom. The summed E-state index contributed by atoms with van der Waals surface area (Å²) in [5.74, 6) is -0.0671. The van der Waals surface area contributed by atoms with Crippen LogP contribution >= 0.6 is 0 Å². The number of aromatic nitrogens is 3. The van der Waals surface area contributed by atoms with Crippen LogP contribution < -0.4 is 4.74 Å². The Bertz CT molecular complexity index is 1570. The van der Waals surface area contributed by atoms with E-state index in [1.807, 2.05) is 19.1 Å². The number of pyridine rings is 1. The van der Waals surface area contributed by atoms with Crippen LogP contribution in [0.25, 0.3) is 11.4 Å². The van der Waals surface area contributed by atoms with Gasteiger partial charge in [0.25, 0.3) is 0 Å². The SMILES string of the molecule is COc1c(C(=O)O)cnn1-c1cccc(C2=CCCC(C)=C2OCc2cc(F)c3c(c2)CCN(C[C@@H]2CCCCO2)C3)n1. The maximum Gasteiger partial charge on any atom is 0.342 e. The lowest BCUT2D eigenvalue weighted by Crippen LogP contribution is -2.39. The number of aromatic carboxylic acids is 1. The Labute approximate surface area is 250 Å². The lowest BCUT2D eigenvalue weighted by molar-refractivity contribution is -0.00823. The summed E-state index contributed by atoms with van der Waals surface area (Å²) < 4.78 is 34.4. The second-order valence-corrected chi connectivity index (χ2v) is 11.4. The van der Waals surface area contributed by atoms with Crippen molar-refractivity contribution in [1.29, 1.82) is 0 Å². The van der Waals surface area contributed by atoms with Gasteiger partial charge in [-0.2, -0.15) is 9.78 Å². The molecule has 0 amide bonds. The minimum atomic E-state index is -1.13. The summed E-state index contributed by atoms with van der Waals surface area (Å²) in [5.41, 5.74) is 5.18. The van der Waals surface area contributed by atoms with Gasteiger partial charge in [0.1, 0.15) is 23.7 Å². The van der Waals surface area contributed by atoms with Crippen LogP contribution in [0.4, 0.5) is 4.39 Å². The molecule has 1 aliphatic carbocycles. The molecule has 9 nitrogen and oxygen atoms in total. The molecule has 1 aromatic carbocycles. The maximum atomic E-state index is 15.4. The molecule has 4 heterocycles. The van der Waals surface area contributed by atoms with Crippen LogP contribution in [0.3, 0.4) is 0 Å². The molecule has 0 saturated carbocycles. The van der Waals surface area contributed by atoms with E-state index in [9.17, 15) is 9.90 Å². The molecule has 3 aromatic rings. The highest BCUT2D eigenvalue weighted by Crippen LogP contribution is 2.34. The van der Waals surface area contributed by atoms with Crippen LogP contribution in [0.15, 0.2) is 53.9 Å². The van der Waals surface area contributed by atoms with Crippen molar-refractivity contribution >= 4 is 11.5 Å². The molecule has 0 bridgehead atoms. The first-order valence-corrected chi connectivity index (χ1v) is 14.9. The number of hydrogen-bond acceptors (Lipinski definition) is 7. The fourth-order valence-corrected chi connectivity index (χ4v) is 6.20. The third-order valence-corrected chi connectivity index (χ3v) is 8.42. The largest absolute Gasteiger partial charge is 0.488 e. The number of carboxylic acids is 1. The third-order valence-electron chi connectivity index (χ3n) is 8.42. The molecule has 43 heavy (non-hydrogen) atoms. The van der Waals surface area contributed by atoms with Crippen molar-refractivity contribution in [2.45, 2.75) is 64.7 Å². The monoisotopic (exact) mass is 588 g/mol. The van der Waals surface area contributed by atoms with E-state index in [1.54, 1.807) is 12.1 Å². The quantitative estimate of drug-likeness (QED) is 0.340. The molecule has 1 fully saturated rings. The van der Waals surface area contributed by atoms with Gasteiger partial charge >= 0.3 is 5.97 Å². The van der Waals surface area contributed by atoms with Crippen molar-refractivity contribution in [2.24, 2.45) is 0 Å². The molecule has 1 saturated heterocycles. The van der Waals surface area contributed by atoms with E-state index in [0.29, 0.717) is 18.1 Å². The summed E-state index contributed by atoms with van der Waals surface area (Å²) in [4.78, 5) is 18.7. The van der Waals surface area contributed by atoms with E-state index in [4.69, 9.17) is 19.2 Å². The summed E-state index contributed by atoms with van der Waals surface area (Å²) in [6.07, 6.45) is 9.49. The van der Waals surface area contributed by atoms with Crippen molar-refractivity contribution in [3.63, 3.8) is 0 Å². The van der Waals surface area contributed by atoms with Crippen molar-refractivity contribution < 1.29 is 28.5 Å². The molecule has 1 N–H and O–H groups in total. The number of carboxylic acid groups (broad SMARTS) is 1. The van der Waals surface area contributed by atoms with Crippen LogP contribution in [0, 0.1) is 5.82 Å². The van der Waals surface area contributed by atoms with Gasteiger partial charge in [0.05, 0.1) is 25.1 Å². The van der Waals surface area contributed by atoms with Gasteiger partial charge in [-0.05, 0) is 80.3 Å². The fraction of sp³-hybridized carbons (Fsp3) is 0.424. The number of ether oxygens (including phenoxy) is 3. The van der Waals surface area contributed by atoms with E-state index in [-0.39, 0.29) is 30.0 Å². The first-order chi connectivity index (χ1) is 20.9. The van der Waals surface area contributed by atoms with Gasteiger partial charge in [-0.25, -0.2) is 14.2 Å². The highest BCUT2D eigenvalue weighted by atomic mass is 19.1. The van der Waals surface area contributed by atoms with Crippen LogP contribution in [0.1, 0.15) is 71.8 Å². The number of fused-ring (bicyclic) bond motifs is 1. The van der Waals surface area contributed by atoms with Gasteiger partial charge < -0.3 is 19.3 Å². The Morgan fingerprint density at radius 2 is 2.12 bits per heavy atom. The van der Waals surface area contributed by atoms with Gasteiger partial charge in [-0.3, -0.25) is 4.90 Å². The van der Waals surface area contributed by atoms with Crippen LogP contribution in [-0.2, 0) is 29.0 Å². The summed E-state index contributed by atoms with van der Waals surface area (Å²) in [5, 5.41) is 13.7. The summed E-state index contributed by atoms with van der Waals surface area (Å²) >= 11 is 0. The lowest BCUT2D eigenvalue weighted by atomic mass is 9.95. The Hall–Kier alpha value is -4.02. The van der Waals surface area contributed by atoms with Gasteiger partial charge in [-0.15, -0.1) is 0 Å². The van der Waals surface area contributed by atoms with Crippen molar-refractivity contribution in [3.05, 3.63) is 87.7 Å². The summed E-state index contributed by atoms with van der Waals surface area (Å²) in [6.45, 7) is 5.47. The standard InChI is InChI=1S/C33H37FN4O5/c1-21-7-5-9-25(29-10-6-11-30(36-29)38-32(41-2)26(17-35-38)33(39)40)31(21)43-20-22-15-23-12-13-37(19-27(23)28(34)16-22)18-24-8-3-4-14-42-24/h6,9-11,15-17,24H,3-5,7-8,12-14,18-20H2,1-2H3,(H,39,40)/t24-/m0/s1. The molecule has 3 aliphatic rings. The molecule has 1 atom stereocenters.